The molecule has 0 heterocycles. The molecule has 138 valence electrons. The van der Waals surface area contributed by atoms with Crippen LogP contribution in [0.3, 0.4) is 0 Å². The van der Waals surface area contributed by atoms with Crippen LogP contribution < -0.4 is 5.73 Å². The minimum absolute atomic E-state index is 0.102. The highest BCUT2D eigenvalue weighted by atomic mass is 16.5. The van der Waals surface area contributed by atoms with Gasteiger partial charge in [-0.25, -0.2) is 0 Å². The first kappa shape index (κ1) is 18.7. The van der Waals surface area contributed by atoms with E-state index in [0.717, 1.165) is 35.1 Å². The molecule has 0 aromatic heterocycles. The van der Waals surface area contributed by atoms with E-state index in [4.69, 9.17) is 15.9 Å². The van der Waals surface area contributed by atoms with Gasteiger partial charge in [0.15, 0.2) is 0 Å². The van der Waals surface area contributed by atoms with Gasteiger partial charge in [-0.1, -0.05) is 55.7 Å². The molecule has 0 aliphatic heterocycles. The Labute approximate surface area is 157 Å². The van der Waals surface area contributed by atoms with Crippen molar-refractivity contribution >= 4 is 5.84 Å². The fourth-order valence-corrected chi connectivity index (χ4v) is 3.82. The van der Waals surface area contributed by atoms with Gasteiger partial charge in [0.25, 0.3) is 0 Å². The highest BCUT2D eigenvalue weighted by molar-refractivity contribution is 5.96. The summed E-state index contributed by atoms with van der Waals surface area (Å²) in [6, 6.07) is 14.4. The lowest BCUT2D eigenvalue weighted by Gasteiger charge is -2.25. The molecule has 3 nitrogen and oxygen atoms in total. The number of rotatable bonds is 6. The van der Waals surface area contributed by atoms with Crippen LogP contribution in [0.4, 0.5) is 0 Å². The number of amidine groups is 1. The quantitative estimate of drug-likeness (QED) is 0.549. The van der Waals surface area contributed by atoms with E-state index in [2.05, 4.69) is 38.1 Å². The largest absolute Gasteiger partial charge is 0.384 e. The van der Waals surface area contributed by atoms with Crippen molar-refractivity contribution in [3.8, 4) is 11.1 Å². The Morgan fingerprint density at radius 3 is 2.58 bits per heavy atom. The van der Waals surface area contributed by atoms with Crippen LogP contribution in [0.1, 0.15) is 49.3 Å². The maximum Gasteiger partial charge on any atom is 0.122 e. The third-order valence-electron chi connectivity index (χ3n) is 5.40. The Kier molecular flexibility index (Phi) is 6.10. The van der Waals surface area contributed by atoms with Gasteiger partial charge in [-0.05, 0) is 60.4 Å². The maximum absolute atomic E-state index is 7.64. The minimum Gasteiger partial charge on any atom is -0.384 e. The van der Waals surface area contributed by atoms with E-state index < -0.39 is 0 Å². The topological polar surface area (TPSA) is 59.1 Å². The summed E-state index contributed by atoms with van der Waals surface area (Å²) >= 11 is 0. The van der Waals surface area contributed by atoms with Crippen molar-refractivity contribution in [2.75, 3.05) is 6.61 Å². The fourth-order valence-electron chi connectivity index (χ4n) is 3.82. The highest BCUT2D eigenvalue weighted by Crippen LogP contribution is 2.29. The van der Waals surface area contributed by atoms with E-state index >= 15 is 0 Å². The minimum atomic E-state index is 0.102. The Bertz CT molecular complexity index is 761. The first-order valence-corrected chi connectivity index (χ1v) is 9.64. The summed E-state index contributed by atoms with van der Waals surface area (Å²) in [6.45, 7) is 6.00. The lowest BCUT2D eigenvalue weighted by atomic mass is 9.83. The summed E-state index contributed by atoms with van der Waals surface area (Å²) < 4.78 is 6.05. The van der Waals surface area contributed by atoms with Crippen LogP contribution in [0, 0.1) is 24.2 Å². The molecule has 0 atom stereocenters. The SMILES string of the molecule is Cc1cc(COCC2CCC(C)CC2)cc(-c2cccc(C(=N)N)c2)c1. The molecule has 3 N–H and O–H groups in total. The number of benzene rings is 2. The number of hydrogen-bond acceptors (Lipinski definition) is 2. The van der Waals surface area contributed by atoms with Gasteiger partial charge in [0, 0.05) is 12.2 Å². The van der Waals surface area contributed by atoms with Crippen molar-refractivity contribution < 1.29 is 4.74 Å². The van der Waals surface area contributed by atoms with Crippen molar-refractivity contribution in [2.24, 2.45) is 17.6 Å². The number of aryl methyl sites for hydroxylation is 1. The molecular weight excluding hydrogens is 320 g/mol. The first-order chi connectivity index (χ1) is 12.5. The highest BCUT2D eigenvalue weighted by Gasteiger charge is 2.18. The molecule has 26 heavy (non-hydrogen) atoms. The van der Waals surface area contributed by atoms with Gasteiger partial charge in [-0.2, -0.15) is 0 Å². The lowest BCUT2D eigenvalue weighted by Crippen LogP contribution is -2.17. The van der Waals surface area contributed by atoms with Crippen molar-refractivity contribution in [3.05, 3.63) is 59.2 Å². The van der Waals surface area contributed by atoms with Gasteiger partial charge in [0.2, 0.25) is 0 Å². The molecule has 1 saturated carbocycles. The van der Waals surface area contributed by atoms with E-state index in [1.165, 1.54) is 36.8 Å². The monoisotopic (exact) mass is 350 g/mol. The summed E-state index contributed by atoms with van der Waals surface area (Å²) in [5, 5.41) is 7.64. The number of nitrogen functional groups attached to an aromatic ring is 1. The third kappa shape index (κ3) is 4.95. The molecule has 1 fully saturated rings. The fraction of sp³-hybridized carbons (Fsp3) is 0.435. The molecule has 3 rings (SSSR count). The molecule has 2 aromatic rings. The predicted molar refractivity (Wildman–Crippen MR) is 108 cm³/mol. The maximum atomic E-state index is 7.64. The zero-order chi connectivity index (χ0) is 18.5. The Hall–Kier alpha value is -2.13. The van der Waals surface area contributed by atoms with E-state index in [0.29, 0.717) is 6.61 Å². The molecule has 1 aliphatic rings. The molecule has 0 saturated heterocycles. The van der Waals surface area contributed by atoms with Crippen LogP contribution in [0.2, 0.25) is 0 Å². The van der Waals surface area contributed by atoms with Crippen molar-refractivity contribution in [1.29, 1.82) is 5.41 Å². The van der Waals surface area contributed by atoms with E-state index in [1.807, 2.05) is 18.2 Å². The number of nitrogens with one attached hydrogen (secondary N) is 1. The van der Waals surface area contributed by atoms with Gasteiger partial charge < -0.3 is 10.5 Å². The smallest absolute Gasteiger partial charge is 0.122 e. The van der Waals surface area contributed by atoms with Crippen molar-refractivity contribution in [3.63, 3.8) is 0 Å². The summed E-state index contributed by atoms with van der Waals surface area (Å²) in [7, 11) is 0. The zero-order valence-electron chi connectivity index (χ0n) is 15.9. The van der Waals surface area contributed by atoms with Gasteiger partial charge in [-0.3, -0.25) is 5.41 Å². The molecule has 0 unspecified atom stereocenters. The van der Waals surface area contributed by atoms with Crippen LogP contribution in [-0.2, 0) is 11.3 Å². The summed E-state index contributed by atoms with van der Waals surface area (Å²) in [4.78, 5) is 0. The van der Waals surface area contributed by atoms with Crippen LogP contribution >= 0.6 is 0 Å². The molecule has 0 bridgehead atoms. The molecule has 0 amide bonds. The molecule has 0 spiro atoms. The van der Waals surface area contributed by atoms with Crippen molar-refractivity contribution in [2.45, 2.75) is 46.1 Å². The van der Waals surface area contributed by atoms with Crippen LogP contribution in [0.15, 0.2) is 42.5 Å². The Balaban J connectivity index is 1.66. The molecular formula is C23H30N2O. The second kappa shape index (κ2) is 8.50. The van der Waals surface area contributed by atoms with E-state index in [1.54, 1.807) is 0 Å². The first-order valence-electron chi connectivity index (χ1n) is 9.64. The Morgan fingerprint density at radius 1 is 1.08 bits per heavy atom. The summed E-state index contributed by atoms with van der Waals surface area (Å²) in [5.41, 5.74) is 11.1. The van der Waals surface area contributed by atoms with Crippen LogP contribution in [0.5, 0.6) is 0 Å². The average Bonchev–Trinajstić information content (AvgIpc) is 2.63. The predicted octanol–water partition coefficient (Wildman–Crippen LogP) is 5.29. The zero-order valence-corrected chi connectivity index (χ0v) is 15.9. The third-order valence-corrected chi connectivity index (χ3v) is 5.40. The van der Waals surface area contributed by atoms with Gasteiger partial charge in [-0.15, -0.1) is 0 Å². The number of hydrogen-bond donors (Lipinski definition) is 2. The molecule has 1 aliphatic carbocycles. The second-order valence-electron chi connectivity index (χ2n) is 7.84. The Morgan fingerprint density at radius 2 is 1.85 bits per heavy atom. The second-order valence-corrected chi connectivity index (χ2v) is 7.84. The molecule has 3 heteroatoms. The van der Waals surface area contributed by atoms with Gasteiger partial charge in [0.1, 0.15) is 5.84 Å². The number of nitrogens with two attached hydrogens (primary N) is 1. The lowest BCUT2D eigenvalue weighted by molar-refractivity contribution is 0.0684. The van der Waals surface area contributed by atoms with Crippen LogP contribution in [-0.4, -0.2) is 12.4 Å². The van der Waals surface area contributed by atoms with E-state index in [9.17, 15) is 0 Å². The van der Waals surface area contributed by atoms with E-state index in [-0.39, 0.29) is 5.84 Å². The average molecular weight is 351 g/mol. The standard InChI is InChI=1S/C23H30N2O/c1-16-6-8-18(9-7-16)14-26-15-19-10-17(2)11-22(12-19)20-4-3-5-21(13-20)23(24)25/h3-5,10-13,16,18H,6-9,14-15H2,1-2H3,(H3,24,25). The van der Waals surface area contributed by atoms with Gasteiger partial charge >= 0.3 is 0 Å². The molecule has 2 aromatic carbocycles. The normalized spacial score (nSPS) is 20.1. The van der Waals surface area contributed by atoms with Crippen LogP contribution in [0.25, 0.3) is 11.1 Å². The van der Waals surface area contributed by atoms with Gasteiger partial charge in [0.05, 0.1) is 6.61 Å². The molecule has 0 radical (unpaired) electrons. The van der Waals surface area contributed by atoms with Crippen molar-refractivity contribution in [1.82, 2.24) is 0 Å². The summed E-state index contributed by atoms with van der Waals surface area (Å²) in [5.74, 6) is 1.71. The summed E-state index contributed by atoms with van der Waals surface area (Å²) in [6.07, 6.45) is 5.29. The number of ether oxygens (including phenoxy) is 1.